The number of hydrogen-bond acceptors (Lipinski definition) is 0. The molecule has 0 aliphatic rings. The molecule has 2 heteroatoms. The molecule has 144 valence electrons. The zero-order valence-electron chi connectivity index (χ0n) is 16.7. The molecule has 0 spiro atoms. The van der Waals surface area contributed by atoms with Gasteiger partial charge in [-0.15, -0.1) is 0 Å². The summed E-state index contributed by atoms with van der Waals surface area (Å²) in [6, 6.07) is 24.3. The maximum Gasteiger partial charge on any atom is 0.169 e. The lowest BCUT2D eigenvalue weighted by Crippen LogP contribution is -3.00. The summed E-state index contributed by atoms with van der Waals surface area (Å²) in [5.74, 6) is 0. The fourth-order valence-electron chi connectivity index (χ4n) is 4.30. The highest BCUT2D eigenvalue weighted by molar-refractivity contribution is 6.24. The number of pyridine rings is 1. The van der Waals surface area contributed by atoms with E-state index in [1.54, 1.807) is 0 Å². The van der Waals surface area contributed by atoms with Gasteiger partial charge in [0.15, 0.2) is 12.4 Å². The van der Waals surface area contributed by atoms with Crippen molar-refractivity contribution in [1.29, 1.82) is 0 Å². The Hall–Kier alpha value is -2.71. The molecule has 0 saturated heterocycles. The number of halogens is 1. The number of aryl methyl sites for hydroxylation is 1. The smallest absolute Gasteiger partial charge is 0.169 e. The van der Waals surface area contributed by atoms with Gasteiger partial charge in [-0.1, -0.05) is 74.5 Å². The van der Waals surface area contributed by atoms with Gasteiger partial charge in [0, 0.05) is 18.6 Å². The molecule has 0 N–H and O–H groups in total. The Morgan fingerprint density at radius 1 is 0.793 bits per heavy atom. The van der Waals surface area contributed by atoms with E-state index in [9.17, 15) is 0 Å². The third-order valence-corrected chi connectivity index (χ3v) is 5.86. The van der Waals surface area contributed by atoms with Gasteiger partial charge in [0.05, 0.1) is 0 Å². The van der Waals surface area contributed by atoms with Crippen LogP contribution in [-0.2, 0) is 6.54 Å². The number of nitrogens with zero attached hydrogens (tertiary/aromatic N) is 1. The van der Waals surface area contributed by atoms with Crippen molar-refractivity contribution in [2.24, 2.45) is 0 Å². The zero-order chi connectivity index (χ0) is 19.1. The standard InChI is InChI=1S/C27H24N.BrH/c1-3-4-16-28-17-14-20(15-18-28)19(2)24-12-10-23-9-8-21-6-5-7-22-11-13-25(24)27(23)26(21)22;/h5-15,17-18H,2-4,16H2,1H3;1H/q+1;/p-1. The minimum absolute atomic E-state index is 0. The molecule has 5 rings (SSSR count). The number of rotatable bonds is 5. The number of hydrogen-bond donors (Lipinski definition) is 0. The summed E-state index contributed by atoms with van der Waals surface area (Å²) >= 11 is 0. The lowest BCUT2D eigenvalue weighted by Gasteiger charge is -2.15. The minimum Gasteiger partial charge on any atom is -1.00 e. The minimum atomic E-state index is 0. The van der Waals surface area contributed by atoms with Gasteiger partial charge < -0.3 is 17.0 Å². The summed E-state index contributed by atoms with van der Waals surface area (Å²) < 4.78 is 2.25. The van der Waals surface area contributed by atoms with Crippen LogP contribution < -0.4 is 21.5 Å². The van der Waals surface area contributed by atoms with Crippen LogP contribution in [0.3, 0.4) is 0 Å². The predicted molar refractivity (Wildman–Crippen MR) is 120 cm³/mol. The van der Waals surface area contributed by atoms with Crippen LogP contribution in [0.2, 0.25) is 0 Å². The Morgan fingerprint density at radius 3 is 2.10 bits per heavy atom. The molecule has 1 nitrogen and oxygen atoms in total. The number of aromatic nitrogens is 1. The van der Waals surface area contributed by atoms with E-state index in [0.717, 1.165) is 12.1 Å². The van der Waals surface area contributed by atoms with Gasteiger partial charge in [-0.3, -0.25) is 0 Å². The monoisotopic (exact) mass is 441 g/mol. The molecule has 1 aromatic heterocycles. The van der Waals surface area contributed by atoms with Crippen molar-refractivity contribution < 1.29 is 21.5 Å². The molecule has 5 aromatic rings. The number of benzene rings is 4. The molecule has 0 unspecified atom stereocenters. The second kappa shape index (κ2) is 7.96. The van der Waals surface area contributed by atoms with Crippen LogP contribution in [0.1, 0.15) is 30.9 Å². The van der Waals surface area contributed by atoms with Gasteiger partial charge in [-0.2, -0.15) is 0 Å². The first-order valence-electron chi connectivity index (χ1n) is 10.1. The molecule has 29 heavy (non-hydrogen) atoms. The molecular formula is C27H24BrN. The largest absolute Gasteiger partial charge is 1.00 e. The maximum atomic E-state index is 4.46. The van der Waals surface area contributed by atoms with Crippen molar-refractivity contribution in [2.45, 2.75) is 26.3 Å². The third kappa shape index (κ3) is 3.32. The van der Waals surface area contributed by atoms with E-state index in [1.807, 2.05) is 0 Å². The van der Waals surface area contributed by atoms with Crippen LogP contribution in [0.15, 0.2) is 85.7 Å². The van der Waals surface area contributed by atoms with E-state index in [-0.39, 0.29) is 17.0 Å². The highest BCUT2D eigenvalue weighted by Crippen LogP contribution is 2.38. The van der Waals surface area contributed by atoms with Gasteiger partial charge >= 0.3 is 0 Å². The highest BCUT2D eigenvalue weighted by Gasteiger charge is 2.13. The SMILES string of the molecule is C=C(c1cc[n+](CCCC)cc1)c1ccc2ccc3cccc4ccc1c2c34.[Br-]. The Balaban J connectivity index is 0.00000205. The van der Waals surface area contributed by atoms with E-state index < -0.39 is 0 Å². The van der Waals surface area contributed by atoms with E-state index in [0.29, 0.717) is 0 Å². The fourth-order valence-corrected chi connectivity index (χ4v) is 4.30. The molecule has 0 radical (unpaired) electrons. The molecule has 4 aromatic carbocycles. The predicted octanol–water partition coefficient (Wildman–Crippen LogP) is 3.74. The van der Waals surface area contributed by atoms with Crippen molar-refractivity contribution in [2.75, 3.05) is 0 Å². The molecule has 0 aliphatic carbocycles. The summed E-state index contributed by atoms with van der Waals surface area (Å²) in [5, 5.41) is 7.89. The van der Waals surface area contributed by atoms with Crippen LogP contribution in [0.5, 0.6) is 0 Å². The van der Waals surface area contributed by atoms with Crippen molar-refractivity contribution >= 4 is 37.9 Å². The molecular weight excluding hydrogens is 418 g/mol. The Kier molecular flexibility index (Phi) is 5.38. The van der Waals surface area contributed by atoms with Gasteiger partial charge in [0.25, 0.3) is 0 Å². The topological polar surface area (TPSA) is 3.88 Å². The Bertz CT molecular complexity index is 1290. The second-order valence-electron chi connectivity index (χ2n) is 7.63. The van der Waals surface area contributed by atoms with Crippen molar-refractivity contribution in [3.05, 3.63) is 96.8 Å². The van der Waals surface area contributed by atoms with Gasteiger partial charge in [0.1, 0.15) is 6.54 Å². The van der Waals surface area contributed by atoms with Gasteiger partial charge in [-0.25, -0.2) is 4.57 Å². The molecule has 1 heterocycles. The van der Waals surface area contributed by atoms with E-state index in [2.05, 4.69) is 97.2 Å². The van der Waals surface area contributed by atoms with Crippen LogP contribution in [0, 0.1) is 0 Å². The van der Waals surface area contributed by atoms with E-state index in [1.165, 1.54) is 56.3 Å². The van der Waals surface area contributed by atoms with Crippen molar-refractivity contribution in [1.82, 2.24) is 0 Å². The first kappa shape index (κ1) is 19.6. The quantitative estimate of drug-likeness (QED) is 0.289. The van der Waals surface area contributed by atoms with Crippen molar-refractivity contribution in [3.63, 3.8) is 0 Å². The zero-order valence-corrected chi connectivity index (χ0v) is 18.2. The highest BCUT2D eigenvalue weighted by atomic mass is 79.9. The summed E-state index contributed by atoms with van der Waals surface area (Å²) in [7, 11) is 0. The molecule has 0 amide bonds. The first-order chi connectivity index (χ1) is 13.8. The third-order valence-electron chi connectivity index (χ3n) is 5.86. The molecule has 0 aliphatic heterocycles. The summed E-state index contributed by atoms with van der Waals surface area (Å²) in [4.78, 5) is 0. The van der Waals surface area contributed by atoms with Crippen LogP contribution >= 0.6 is 0 Å². The second-order valence-corrected chi connectivity index (χ2v) is 7.63. The van der Waals surface area contributed by atoms with Gasteiger partial charge in [-0.05, 0) is 49.0 Å². The average Bonchev–Trinajstić information content (AvgIpc) is 2.76. The number of unbranched alkanes of at least 4 members (excludes halogenated alkanes) is 1. The Morgan fingerprint density at radius 2 is 1.41 bits per heavy atom. The maximum absolute atomic E-state index is 4.46. The molecule has 0 fully saturated rings. The molecule has 0 saturated carbocycles. The lowest BCUT2D eigenvalue weighted by atomic mass is 9.88. The normalized spacial score (nSPS) is 11.2. The first-order valence-corrected chi connectivity index (χ1v) is 10.1. The summed E-state index contributed by atoms with van der Waals surface area (Å²) in [5.41, 5.74) is 3.49. The molecule has 0 bridgehead atoms. The van der Waals surface area contributed by atoms with E-state index >= 15 is 0 Å². The summed E-state index contributed by atoms with van der Waals surface area (Å²) in [6.45, 7) is 7.76. The molecule has 0 atom stereocenters. The van der Waals surface area contributed by atoms with E-state index in [4.69, 9.17) is 0 Å². The van der Waals surface area contributed by atoms with Crippen molar-refractivity contribution in [3.8, 4) is 0 Å². The summed E-state index contributed by atoms with van der Waals surface area (Å²) in [6.07, 6.45) is 6.77. The average molecular weight is 442 g/mol. The Labute approximate surface area is 182 Å². The van der Waals surface area contributed by atoms with Crippen LogP contribution in [-0.4, -0.2) is 0 Å². The van der Waals surface area contributed by atoms with Gasteiger partial charge in [0.2, 0.25) is 0 Å². The fraction of sp³-hybridized carbons (Fsp3) is 0.148. The van der Waals surface area contributed by atoms with Crippen LogP contribution in [0.25, 0.3) is 37.9 Å². The lowest BCUT2D eigenvalue weighted by molar-refractivity contribution is -0.697. The van der Waals surface area contributed by atoms with Crippen LogP contribution in [0.4, 0.5) is 0 Å².